The molecule has 190 valence electrons. The van der Waals surface area contributed by atoms with Crippen molar-refractivity contribution in [3.63, 3.8) is 0 Å². The molecule has 1 rings (SSSR count). The van der Waals surface area contributed by atoms with Crippen LogP contribution in [0.4, 0.5) is 0 Å². The Morgan fingerprint density at radius 2 is 1.03 bits per heavy atom. The van der Waals surface area contributed by atoms with Gasteiger partial charge in [0, 0.05) is 12.0 Å². The molecule has 0 fully saturated rings. The van der Waals surface area contributed by atoms with E-state index < -0.39 is 0 Å². The van der Waals surface area contributed by atoms with E-state index in [4.69, 9.17) is 4.52 Å². The smallest absolute Gasteiger partial charge is 0.139 e. The predicted molar refractivity (Wildman–Crippen MR) is 150 cm³/mol. The van der Waals surface area contributed by atoms with Crippen molar-refractivity contribution in [2.45, 2.75) is 131 Å². The van der Waals surface area contributed by atoms with Crippen LogP contribution in [0.2, 0.25) is 0 Å². The molecule has 0 saturated carbocycles. The molecule has 0 saturated heterocycles. The standard InChI is InChI=1S/C8H13NO.C6H14.C6H12.2C5H10/c1-4-7-6(3)8(5-2)10-9-7;2*1-5(2)6(3)4;2*1-4-5(2)3/h4-5H2,1-3H3;5-6H,1-4H3;1-4H3;2*4H,1-3H3. The number of hydrogen-bond donors (Lipinski definition) is 0. The lowest BCUT2D eigenvalue weighted by Crippen LogP contribution is -1.95. The van der Waals surface area contributed by atoms with Crippen LogP contribution in [0.15, 0.2) is 39.0 Å². The monoisotopic (exact) mass is 449 g/mol. The molecule has 1 aromatic rings. The van der Waals surface area contributed by atoms with Crippen molar-refractivity contribution in [1.82, 2.24) is 5.16 Å². The highest BCUT2D eigenvalue weighted by atomic mass is 16.5. The Morgan fingerprint density at radius 3 is 1.12 bits per heavy atom. The molecule has 1 aromatic heterocycles. The van der Waals surface area contributed by atoms with Gasteiger partial charge in [0.1, 0.15) is 5.76 Å². The van der Waals surface area contributed by atoms with Crippen molar-refractivity contribution in [3.8, 4) is 0 Å². The predicted octanol–water partition coefficient (Wildman–Crippen LogP) is 10.7. The first-order chi connectivity index (χ1) is 14.6. The molecule has 0 N–H and O–H groups in total. The average molecular weight is 450 g/mol. The van der Waals surface area contributed by atoms with Gasteiger partial charge in [-0.25, -0.2) is 0 Å². The van der Waals surface area contributed by atoms with Crippen molar-refractivity contribution in [2.24, 2.45) is 11.8 Å². The largest absolute Gasteiger partial charge is 0.361 e. The Hall–Kier alpha value is -1.57. The van der Waals surface area contributed by atoms with Gasteiger partial charge in [-0.1, -0.05) is 81.1 Å². The van der Waals surface area contributed by atoms with Gasteiger partial charge in [-0.3, -0.25) is 0 Å². The topological polar surface area (TPSA) is 26.0 Å². The Labute approximate surface area is 203 Å². The molecule has 0 unspecified atom stereocenters. The number of rotatable bonds is 3. The van der Waals surface area contributed by atoms with Crippen LogP contribution in [0.25, 0.3) is 0 Å². The van der Waals surface area contributed by atoms with E-state index in [9.17, 15) is 0 Å². The van der Waals surface area contributed by atoms with Crippen LogP contribution in [0.5, 0.6) is 0 Å². The molecule has 0 radical (unpaired) electrons. The van der Waals surface area contributed by atoms with Crippen molar-refractivity contribution >= 4 is 0 Å². The molecule has 0 aromatic carbocycles. The normalized spacial score (nSPS) is 8.97. The quantitative estimate of drug-likeness (QED) is 0.429. The molecule has 1 heterocycles. The lowest BCUT2D eigenvalue weighted by molar-refractivity contribution is 0.380. The molecule has 0 spiro atoms. The van der Waals surface area contributed by atoms with Gasteiger partial charge >= 0.3 is 0 Å². The molecule has 2 nitrogen and oxygen atoms in total. The summed E-state index contributed by atoms with van der Waals surface area (Å²) in [6.45, 7) is 36.1. The highest BCUT2D eigenvalue weighted by Gasteiger charge is 2.06. The first kappa shape index (κ1) is 37.7. The zero-order chi connectivity index (χ0) is 26.4. The molecule has 2 heteroatoms. The van der Waals surface area contributed by atoms with Crippen LogP contribution < -0.4 is 0 Å². The van der Waals surface area contributed by atoms with Crippen LogP contribution in [0, 0.1) is 18.8 Å². The molecular weight excluding hydrogens is 390 g/mol. The van der Waals surface area contributed by atoms with E-state index in [-0.39, 0.29) is 0 Å². The minimum absolute atomic E-state index is 0.852. The number of aryl methyl sites for hydroxylation is 2. The SMILES string of the molecule is CC(C)=C(C)C.CC(C)C(C)C.CC=C(C)C.CC=C(C)C.CCc1noc(CC)c1C. The van der Waals surface area contributed by atoms with Crippen molar-refractivity contribution in [1.29, 1.82) is 0 Å². The third-order valence-corrected chi connectivity index (χ3v) is 5.26. The molecule has 0 aliphatic heterocycles. The summed E-state index contributed by atoms with van der Waals surface area (Å²) in [7, 11) is 0. The van der Waals surface area contributed by atoms with E-state index in [1.54, 1.807) is 0 Å². The van der Waals surface area contributed by atoms with Crippen LogP contribution in [0.1, 0.15) is 128 Å². The van der Waals surface area contributed by atoms with Crippen LogP contribution >= 0.6 is 0 Å². The molecule has 32 heavy (non-hydrogen) atoms. The molecule has 0 aliphatic carbocycles. The molecular formula is C30H59NO. The van der Waals surface area contributed by atoms with Gasteiger partial charge in [-0.2, -0.15) is 0 Å². The summed E-state index contributed by atoms with van der Waals surface area (Å²) in [4.78, 5) is 0. The van der Waals surface area contributed by atoms with Gasteiger partial charge in [0.05, 0.1) is 5.69 Å². The maximum Gasteiger partial charge on any atom is 0.139 e. The van der Waals surface area contributed by atoms with Gasteiger partial charge in [-0.05, 0) is 94.4 Å². The Morgan fingerprint density at radius 1 is 0.719 bits per heavy atom. The fraction of sp³-hybridized carbons (Fsp3) is 0.700. The zero-order valence-corrected chi connectivity index (χ0v) is 25.1. The van der Waals surface area contributed by atoms with Gasteiger partial charge in [0.25, 0.3) is 0 Å². The number of aromatic nitrogens is 1. The maximum atomic E-state index is 5.09. The third kappa shape index (κ3) is 28.4. The van der Waals surface area contributed by atoms with E-state index in [2.05, 4.69) is 121 Å². The van der Waals surface area contributed by atoms with E-state index in [1.807, 2.05) is 13.8 Å². The lowest BCUT2D eigenvalue weighted by atomic mass is 10.0. The highest BCUT2D eigenvalue weighted by Crippen LogP contribution is 2.13. The first-order valence-corrected chi connectivity index (χ1v) is 12.4. The van der Waals surface area contributed by atoms with Gasteiger partial charge in [0.15, 0.2) is 0 Å². The fourth-order valence-corrected chi connectivity index (χ4v) is 1.07. The van der Waals surface area contributed by atoms with E-state index in [0.29, 0.717) is 0 Å². The Bertz CT molecular complexity index is 570. The minimum Gasteiger partial charge on any atom is -0.361 e. The van der Waals surface area contributed by atoms with Crippen LogP contribution in [-0.4, -0.2) is 5.16 Å². The highest BCUT2D eigenvalue weighted by molar-refractivity contribution is 5.20. The first-order valence-electron chi connectivity index (χ1n) is 12.4. The van der Waals surface area contributed by atoms with Crippen LogP contribution in [-0.2, 0) is 12.8 Å². The third-order valence-electron chi connectivity index (χ3n) is 5.26. The molecule has 0 bridgehead atoms. The molecule has 0 atom stereocenters. The minimum atomic E-state index is 0.852. The second-order valence-corrected chi connectivity index (χ2v) is 9.60. The summed E-state index contributed by atoms with van der Waals surface area (Å²) in [5.74, 6) is 2.73. The Balaban J connectivity index is -0.000000159. The van der Waals surface area contributed by atoms with Gasteiger partial charge in [-0.15, -0.1) is 0 Å². The number of hydrogen-bond acceptors (Lipinski definition) is 2. The van der Waals surface area contributed by atoms with Crippen molar-refractivity contribution < 1.29 is 4.52 Å². The van der Waals surface area contributed by atoms with E-state index >= 15 is 0 Å². The molecule has 0 aliphatic rings. The van der Waals surface area contributed by atoms with E-state index in [1.165, 1.54) is 27.9 Å². The summed E-state index contributed by atoms with van der Waals surface area (Å²) in [5, 5.41) is 3.93. The summed E-state index contributed by atoms with van der Waals surface area (Å²) in [6, 6.07) is 0. The number of allylic oxidation sites excluding steroid dienone is 6. The second-order valence-electron chi connectivity index (χ2n) is 9.60. The van der Waals surface area contributed by atoms with Crippen molar-refractivity contribution in [3.05, 3.63) is 51.5 Å². The summed E-state index contributed by atoms with van der Waals surface area (Å²) < 4.78 is 5.09. The fourth-order valence-electron chi connectivity index (χ4n) is 1.07. The lowest BCUT2D eigenvalue weighted by Gasteiger charge is -2.05. The zero-order valence-electron chi connectivity index (χ0n) is 25.1. The van der Waals surface area contributed by atoms with E-state index in [0.717, 1.165) is 36.1 Å². The summed E-state index contributed by atoms with van der Waals surface area (Å²) in [6.07, 6.45) is 6.08. The van der Waals surface area contributed by atoms with Crippen LogP contribution in [0.3, 0.4) is 0 Å². The van der Waals surface area contributed by atoms with Crippen molar-refractivity contribution in [2.75, 3.05) is 0 Å². The average Bonchev–Trinajstić information content (AvgIpc) is 3.09. The summed E-state index contributed by atoms with van der Waals surface area (Å²) >= 11 is 0. The van der Waals surface area contributed by atoms with Gasteiger partial charge in [0.2, 0.25) is 0 Å². The second kappa shape index (κ2) is 24.1. The van der Waals surface area contributed by atoms with Gasteiger partial charge < -0.3 is 4.52 Å². The Kier molecular flexibility index (Phi) is 28.4. The number of nitrogens with zero attached hydrogens (tertiary/aromatic N) is 1. The maximum absolute atomic E-state index is 5.09. The molecule has 0 amide bonds. The summed E-state index contributed by atoms with van der Waals surface area (Å²) in [5.41, 5.74) is 7.93.